The molecule has 7 heteroatoms. The maximum Gasteiger partial charge on any atom is 0.255 e. The molecule has 1 N–H and O–H groups in total. The van der Waals surface area contributed by atoms with Crippen molar-refractivity contribution in [3.63, 3.8) is 0 Å². The minimum Gasteiger partial charge on any atom is -0.322 e. The van der Waals surface area contributed by atoms with Crippen molar-refractivity contribution in [2.24, 2.45) is 0 Å². The molecule has 0 atom stereocenters. The standard InChI is InChI=1S/C19H17N5O2/c25-18-5-2-10-23(18)17-4-1-3-15(11-17)22-19(26)14-6-8-16(9-7-14)24-13-20-12-21-24/h1,3-4,6-9,11-13H,2,5,10H2,(H,22,26). The zero-order chi connectivity index (χ0) is 17.9. The lowest BCUT2D eigenvalue weighted by Gasteiger charge is -2.16. The van der Waals surface area contributed by atoms with Gasteiger partial charge in [-0.1, -0.05) is 6.07 Å². The molecule has 2 aromatic carbocycles. The Labute approximate surface area is 150 Å². The molecule has 4 rings (SSSR count). The first-order chi connectivity index (χ1) is 12.7. The molecule has 2 amide bonds. The molecule has 0 unspecified atom stereocenters. The number of nitrogens with zero attached hydrogens (tertiary/aromatic N) is 4. The average molecular weight is 347 g/mol. The van der Waals surface area contributed by atoms with Gasteiger partial charge >= 0.3 is 0 Å². The molecule has 1 aromatic heterocycles. The second kappa shape index (κ2) is 6.79. The van der Waals surface area contributed by atoms with Crippen LogP contribution in [0.1, 0.15) is 23.2 Å². The summed E-state index contributed by atoms with van der Waals surface area (Å²) in [7, 11) is 0. The van der Waals surface area contributed by atoms with E-state index in [1.807, 2.05) is 36.4 Å². The van der Waals surface area contributed by atoms with Crippen LogP contribution in [-0.4, -0.2) is 33.1 Å². The summed E-state index contributed by atoms with van der Waals surface area (Å²) >= 11 is 0. The lowest BCUT2D eigenvalue weighted by molar-refractivity contribution is -0.117. The number of nitrogens with one attached hydrogen (secondary N) is 1. The third-order valence-electron chi connectivity index (χ3n) is 4.30. The van der Waals surface area contributed by atoms with Gasteiger partial charge in [0.25, 0.3) is 5.91 Å². The highest BCUT2D eigenvalue weighted by Crippen LogP contribution is 2.24. The van der Waals surface area contributed by atoms with Gasteiger partial charge in [-0.05, 0) is 48.9 Å². The number of rotatable bonds is 4. The molecule has 26 heavy (non-hydrogen) atoms. The zero-order valence-electron chi connectivity index (χ0n) is 14.0. The Hall–Kier alpha value is -3.48. The Bertz CT molecular complexity index is 935. The molecule has 0 saturated carbocycles. The van der Waals surface area contributed by atoms with Crippen molar-refractivity contribution in [1.29, 1.82) is 0 Å². The smallest absolute Gasteiger partial charge is 0.255 e. The van der Waals surface area contributed by atoms with Crippen LogP contribution in [0.25, 0.3) is 5.69 Å². The van der Waals surface area contributed by atoms with Crippen molar-refractivity contribution >= 4 is 23.2 Å². The predicted octanol–water partition coefficient (Wildman–Crippen LogP) is 2.65. The van der Waals surface area contributed by atoms with Crippen LogP contribution >= 0.6 is 0 Å². The number of hydrogen-bond donors (Lipinski definition) is 1. The highest BCUT2D eigenvalue weighted by atomic mass is 16.2. The fourth-order valence-corrected chi connectivity index (χ4v) is 2.98. The van der Waals surface area contributed by atoms with Gasteiger partial charge in [-0.15, -0.1) is 0 Å². The van der Waals surface area contributed by atoms with Crippen LogP contribution in [0.15, 0.2) is 61.2 Å². The summed E-state index contributed by atoms with van der Waals surface area (Å²) in [5.41, 5.74) is 2.84. The number of amides is 2. The van der Waals surface area contributed by atoms with E-state index in [1.165, 1.54) is 6.33 Å². The van der Waals surface area contributed by atoms with E-state index in [2.05, 4.69) is 15.4 Å². The monoisotopic (exact) mass is 347 g/mol. The molecule has 0 spiro atoms. The van der Waals surface area contributed by atoms with Crippen molar-refractivity contribution < 1.29 is 9.59 Å². The third kappa shape index (κ3) is 3.19. The van der Waals surface area contributed by atoms with E-state index in [9.17, 15) is 9.59 Å². The summed E-state index contributed by atoms with van der Waals surface area (Å²) in [4.78, 5) is 30.0. The van der Waals surface area contributed by atoms with E-state index in [0.717, 1.165) is 24.3 Å². The number of hydrogen-bond acceptors (Lipinski definition) is 4. The van der Waals surface area contributed by atoms with Crippen LogP contribution in [0, 0.1) is 0 Å². The van der Waals surface area contributed by atoms with Crippen LogP contribution in [0.5, 0.6) is 0 Å². The molecule has 3 aromatic rings. The Morgan fingerprint density at radius 1 is 1.08 bits per heavy atom. The van der Waals surface area contributed by atoms with E-state index >= 15 is 0 Å². The average Bonchev–Trinajstić information content (AvgIpc) is 3.34. The van der Waals surface area contributed by atoms with Crippen LogP contribution in [-0.2, 0) is 4.79 Å². The van der Waals surface area contributed by atoms with Gasteiger partial charge in [-0.25, -0.2) is 9.67 Å². The van der Waals surface area contributed by atoms with E-state index < -0.39 is 0 Å². The molecule has 0 radical (unpaired) electrons. The van der Waals surface area contributed by atoms with Crippen LogP contribution in [0.4, 0.5) is 11.4 Å². The quantitative estimate of drug-likeness (QED) is 0.787. The summed E-state index contributed by atoms with van der Waals surface area (Å²) < 4.78 is 1.62. The molecular weight excluding hydrogens is 330 g/mol. The summed E-state index contributed by atoms with van der Waals surface area (Å²) in [6, 6.07) is 14.4. The van der Waals surface area contributed by atoms with Gasteiger partial charge in [0.15, 0.2) is 0 Å². The highest BCUT2D eigenvalue weighted by Gasteiger charge is 2.21. The largest absolute Gasteiger partial charge is 0.322 e. The summed E-state index contributed by atoms with van der Waals surface area (Å²) in [6.07, 6.45) is 4.50. The van der Waals surface area contributed by atoms with Gasteiger partial charge in [0, 0.05) is 29.9 Å². The van der Waals surface area contributed by atoms with Gasteiger partial charge < -0.3 is 10.2 Å². The number of carbonyl (C=O) groups is 2. The number of anilines is 2. The van der Waals surface area contributed by atoms with Crippen LogP contribution in [0.3, 0.4) is 0 Å². The van der Waals surface area contributed by atoms with Gasteiger partial charge in [0.2, 0.25) is 5.91 Å². The molecule has 0 aliphatic carbocycles. The normalized spacial score (nSPS) is 13.8. The molecular formula is C19H17N5O2. The van der Waals surface area contributed by atoms with Gasteiger partial charge in [0.05, 0.1) is 5.69 Å². The lowest BCUT2D eigenvalue weighted by atomic mass is 10.2. The van der Waals surface area contributed by atoms with Crippen molar-refractivity contribution in [1.82, 2.24) is 14.8 Å². The van der Waals surface area contributed by atoms with Crippen molar-refractivity contribution in [2.45, 2.75) is 12.8 Å². The van der Waals surface area contributed by atoms with Crippen LogP contribution in [0.2, 0.25) is 0 Å². The van der Waals surface area contributed by atoms with Gasteiger partial charge in [-0.3, -0.25) is 9.59 Å². The zero-order valence-corrected chi connectivity index (χ0v) is 14.0. The minimum atomic E-state index is -0.208. The molecule has 2 heterocycles. The van der Waals surface area contributed by atoms with E-state index in [0.29, 0.717) is 17.7 Å². The second-order valence-corrected chi connectivity index (χ2v) is 6.04. The van der Waals surface area contributed by atoms with Gasteiger partial charge in [-0.2, -0.15) is 5.10 Å². The first-order valence-corrected chi connectivity index (χ1v) is 8.37. The molecule has 0 bridgehead atoms. The highest BCUT2D eigenvalue weighted by molar-refractivity contribution is 6.05. The first kappa shape index (κ1) is 16.0. The van der Waals surface area contributed by atoms with Crippen molar-refractivity contribution in [3.8, 4) is 5.69 Å². The minimum absolute atomic E-state index is 0.122. The number of aromatic nitrogens is 3. The predicted molar refractivity (Wildman–Crippen MR) is 97.3 cm³/mol. The van der Waals surface area contributed by atoms with Crippen LogP contribution < -0.4 is 10.2 Å². The summed E-state index contributed by atoms with van der Waals surface area (Å²) in [5, 5.41) is 6.93. The molecule has 1 saturated heterocycles. The molecule has 130 valence electrons. The molecule has 7 nitrogen and oxygen atoms in total. The van der Waals surface area contributed by atoms with Crippen molar-refractivity contribution in [3.05, 3.63) is 66.7 Å². The van der Waals surface area contributed by atoms with E-state index in [4.69, 9.17) is 0 Å². The van der Waals surface area contributed by atoms with Gasteiger partial charge in [0.1, 0.15) is 12.7 Å². The first-order valence-electron chi connectivity index (χ1n) is 8.37. The second-order valence-electron chi connectivity index (χ2n) is 6.04. The maximum absolute atomic E-state index is 12.5. The maximum atomic E-state index is 12.5. The molecule has 1 aliphatic rings. The van der Waals surface area contributed by atoms with E-state index in [1.54, 1.807) is 28.0 Å². The summed E-state index contributed by atoms with van der Waals surface area (Å²) in [6.45, 7) is 0.722. The Morgan fingerprint density at radius 2 is 1.92 bits per heavy atom. The lowest BCUT2D eigenvalue weighted by Crippen LogP contribution is -2.23. The third-order valence-corrected chi connectivity index (χ3v) is 4.30. The SMILES string of the molecule is O=C(Nc1cccc(N2CCCC2=O)c1)c1ccc(-n2cncn2)cc1. The summed E-state index contributed by atoms with van der Waals surface area (Å²) in [5.74, 6) is -0.0859. The Kier molecular flexibility index (Phi) is 4.18. The molecule has 1 fully saturated rings. The van der Waals surface area contributed by atoms with Crippen molar-refractivity contribution in [2.75, 3.05) is 16.8 Å². The van der Waals surface area contributed by atoms with E-state index in [-0.39, 0.29) is 11.8 Å². The Morgan fingerprint density at radius 3 is 2.62 bits per heavy atom. The molecule has 1 aliphatic heterocycles. The number of carbonyl (C=O) groups excluding carboxylic acids is 2. The fraction of sp³-hybridized carbons (Fsp3) is 0.158. The number of benzene rings is 2. The topological polar surface area (TPSA) is 80.1 Å². The Balaban J connectivity index is 1.49. The fourth-order valence-electron chi connectivity index (χ4n) is 2.98.